The number of hydrogen-bond acceptors (Lipinski definition) is 7. The Balaban J connectivity index is 1.45. The number of esters is 1. The van der Waals surface area contributed by atoms with E-state index in [1.807, 2.05) is 72.8 Å². The number of fused-ring (bicyclic) bond motifs is 1. The maximum atomic E-state index is 13.0. The second-order valence-electron chi connectivity index (χ2n) is 9.00. The molecule has 0 saturated carbocycles. The van der Waals surface area contributed by atoms with Gasteiger partial charge in [-0.15, -0.1) is 0 Å². The van der Waals surface area contributed by atoms with Gasteiger partial charge in [-0.3, -0.25) is 10.1 Å². The van der Waals surface area contributed by atoms with Crippen LogP contribution in [0.15, 0.2) is 84.9 Å². The minimum Gasteiger partial charge on any atom is -0.474 e. The number of aliphatic hydroxyl groups excluding tert-OH is 1. The summed E-state index contributed by atoms with van der Waals surface area (Å²) in [4.78, 5) is 29.3. The van der Waals surface area contributed by atoms with Crippen LogP contribution in [-0.2, 0) is 20.7 Å². The second kappa shape index (κ2) is 10.4. The number of carbonyl (C=O) groups excluding carboxylic acids is 2. The van der Waals surface area contributed by atoms with Crippen molar-refractivity contribution in [2.45, 2.75) is 24.8 Å². The monoisotopic (exact) mass is 497 g/mol. The van der Waals surface area contributed by atoms with Crippen molar-refractivity contribution in [1.82, 2.24) is 10.3 Å². The van der Waals surface area contributed by atoms with E-state index in [0.717, 1.165) is 27.7 Å². The number of aromatic nitrogens is 1. The normalized spacial score (nSPS) is 19.6. The molecule has 3 unspecified atom stereocenters. The van der Waals surface area contributed by atoms with Crippen molar-refractivity contribution < 1.29 is 24.2 Å². The third-order valence-electron chi connectivity index (χ3n) is 6.65. The SMILES string of the molecule is COC(=O)C(Oc1ccc(CC2C(O)N[C@@H]2C(N)=O)cc1)c1cc(-c2ccccc2)nc2ccccc12. The number of methoxy groups -OCH3 is 1. The number of amides is 1. The lowest BCUT2D eigenvalue weighted by Gasteiger charge is -2.41. The summed E-state index contributed by atoms with van der Waals surface area (Å²) >= 11 is 0. The lowest BCUT2D eigenvalue weighted by atomic mass is 9.83. The first-order valence-corrected chi connectivity index (χ1v) is 12.0. The summed E-state index contributed by atoms with van der Waals surface area (Å²) < 4.78 is 11.3. The number of hydrogen-bond donors (Lipinski definition) is 3. The number of primary amides is 1. The average molecular weight is 498 g/mol. The molecule has 4 atom stereocenters. The van der Waals surface area contributed by atoms with Crippen molar-refractivity contribution in [2.75, 3.05) is 7.11 Å². The van der Waals surface area contributed by atoms with Crippen LogP contribution in [0.2, 0.25) is 0 Å². The van der Waals surface area contributed by atoms with E-state index < -0.39 is 30.3 Å². The minimum absolute atomic E-state index is 0.299. The molecule has 4 N–H and O–H groups in total. The highest BCUT2D eigenvalue weighted by atomic mass is 16.6. The molecule has 0 spiro atoms. The van der Waals surface area contributed by atoms with Gasteiger partial charge in [-0.2, -0.15) is 0 Å². The maximum absolute atomic E-state index is 13.0. The summed E-state index contributed by atoms with van der Waals surface area (Å²) in [7, 11) is 1.33. The third kappa shape index (κ3) is 5.02. The van der Waals surface area contributed by atoms with Crippen LogP contribution in [0.5, 0.6) is 5.75 Å². The molecule has 8 nitrogen and oxygen atoms in total. The van der Waals surface area contributed by atoms with Gasteiger partial charge in [0.15, 0.2) is 0 Å². The van der Waals surface area contributed by atoms with Gasteiger partial charge in [0, 0.05) is 22.4 Å². The molecule has 1 aliphatic rings. The average Bonchev–Trinajstić information content (AvgIpc) is 2.93. The van der Waals surface area contributed by atoms with Gasteiger partial charge >= 0.3 is 5.97 Å². The Hall–Kier alpha value is -4.27. The number of nitrogens with zero attached hydrogens (tertiary/aromatic N) is 1. The first-order chi connectivity index (χ1) is 17.9. The molecule has 5 rings (SSSR count). The number of benzene rings is 3. The number of aliphatic hydroxyl groups is 1. The molecule has 1 aromatic heterocycles. The highest BCUT2D eigenvalue weighted by Gasteiger charge is 2.42. The molecule has 1 amide bonds. The highest BCUT2D eigenvalue weighted by molar-refractivity contribution is 5.90. The molecule has 1 fully saturated rings. The number of nitrogens with two attached hydrogens (primary N) is 1. The topological polar surface area (TPSA) is 124 Å². The van der Waals surface area contributed by atoms with Gasteiger partial charge in [0.05, 0.1) is 24.4 Å². The Bertz CT molecular complexity index is 1420. The fraction of sp³-hybridized carbons (Fsp3) is 0.207. The van der Waals surface area contributed by atoms with Crippen molar-refractivity contribution >= 4 is 22.8 Å². The highest BCUT2D eigenvalue weighted by Crippen LogP contribution is 2.33. The largest absolute Gasteiger partial charge is 0.474 e. The van der Waals surface area contributed by atoms with E-state index in [-0.39, 0.29) is 5.92 Å². The van der Waals surface area contributed by atoms with Gasteiger partial charge in [-0.25, -0.2) is 9.78 Å². The first kappa shape index (κ1) is 24.4. The number of nitrogens with one attached hydrogen (secondary N) is 1. The zero-order valence-electron chi connectivity index (χ0n) is 20.2. The van der Waals surface area contributed by atoms with E-state index in [1.165, 1.54) is 7.11 Å². The number of carbonyl (C=O) groups is 2. The van der Waals surface area contributed by atoms with Gasteiger partial charge in [-0.05, 0) is 36.2 Å². The first-order valence-electron chi connectivity index (χ1n) is 12.0. The molecule has 3 aromatic carbocycles. The summed E-state index contributed by atoms with van der Waals surface area (Å²) in [6.45, 7) is 0. The van der Waals surface area contributed by atoms with Crippen LogP contribution in [0.25, 0.3) is 22.2 Å². The van der Waals surface area contributed by atoms with Crippen molar-refractivity contribution in [3.8, 4) is 17.0 Å². The Morgan fingerprint density at radius 2 is 1.73 bits per heavy atom. The summed E-state index contributed by atoms with van der Waals surface area (Å²) in [5, 5.41) is 13.5. The summed E-state index contributed by atoms with van der Waals surface area (Å²) in [5.41, 5.74) is 9.32. The second-order valence-corrected chi connectivity index (χ2v) is 9.00. The van der Waals surface area contributed by atoms with Crippen LogP contribution in [-0.4, -0.2) is 41.3 Å². The number of pyridine rings is 1. The number of para-hydroxylation sites is 1. The molecule has 0 aliphatic carbocycles. The fourth-order valence-corrected chi connectivity index (χ4v) is 4.65. The summed E-state index contributed by atoms with van der Waals surface area (Å²) in [6, 6.07) is 25.8. The smallest absolute Gasteiger partial charge is 0.351 e. The fourth-order valence-electron chi connectivity index (χ4n) is 4.65. The summed E-state index contributed by atoms with van der Waals surface area (Å²) in [6.07, 6.45) is -1.34. The standard InChI is InChI=1S/C29H27N3O5/c1-36-29(35)26(37-19-13-11-17(12-14-19)15-22-25(27(30)33)32-28(22)34)21-16-24(18-7-3-2-4-8-18)31-23-10-6-5-9-20(21)23/h2-14,16,22,25-26,28,32,34H,15H2,1H3,(H2,30,33)/t22?,25-,26?,28?/m0/s1. The number of rotatable bonds is 8. The molecular weight excluding hydrogens is 470 g/mol. The number of ether oxygens (including phenoxy) is 2. The van der Waals surface area contributed by atoms with Crippen molar-refractivity contribution in [3.05, 3.63) is 96.1 Å². The van der Waals surface area contributed by atoms with Crippen molar-refractivity contribution in [3.63, 3.8) is 0 Å². The lowest BCUT2D eigenvalue weighted by molar-refractivity contribution is -0.149. The van der Waals surface area contributed by atoms with Crippen molar-refractivity contribution in [2.24, 2.45) is 11.7 Å². The zero-order valence-corrected chi connectivity index (χ0v) is 20.2. The lowest BCUT2D eigenvalue weighted by Crippen LogP contribution is -2.66. The van der Waals surface area contributed by atoms with E-state index >= 15 is 0 Å². The molecule has 0 radical (unpaired) electrons. The van der Waals surface area contributed by atoms with E-state index in [9.17, 15) is 14.7 Å². The molecule has 1 saturated heterocycles. The summed E-state index contributed by atoms with van der Waals surface area (Å²) in [5.74, 6) is -0.852. The molecule has 2 heterocycles. The van der Waals surface area contributed by atoms with Crippen LogP contribution < -0.4 is 15.8 Å². The Morgan fingerprint density at radius 1 is 1.03 bits per heavy atom. The predicted octanol–water partition coefficient (Wildman–Crippen LogP) is 3.13. The van der Waals surface area contributed by atoms with E-state index in [1.54, 1.807) is 12.1 Å². The molecule has 4 aromatic rings. The van der Waals surface area contributed by atoms with E-state index in [0.29, 0.717) is 17.7 Å². The Kier molecular flexibility index (Phi) is 6.85. The van der Waals surface area contributed by atoms with Gasteiger partial charge in [0.2, 0.25) is 12.0 Å². The van der Waals surface area contributed by atoms with E-state index in [4.69, 9.17) is 20.2 Å². The van der Waals surface area contributed by atoms with Gasteiger partial charge in [0.25, 0.3) is 0 Å². The van der Waals surface area contributed by atoms with Crippen LogP contribution in [0.1, 0.15) is 17.2 Å². The minimum atomic E-state index is -1.02. The molecule has 188 valence electrons. The maximum Gasteiger partial charge on any atom is 0.351 e. The Morgan fingerprint density at radius 3 is 2.41 bits per heavy atom. The third-order valence-corrected chi connectivity index (χ3v) is 6.65. The molecule has 0 bridgehead atoms. The van der Waals surface area contributed by atoms with Crippen LogP contribution >= 0.6 is 0 Å². The molecule has 1 aliphatic heterocycles. The molecular formula is C29H27N3O5. The van der Waals surface area contributed by atoms with E-state index in [2.05, 4.69) is 5.32 Å². The van der Waals surface area contributed by atoms with Crippen molar-refractivity contribution in [1.29, 1.82) is 0 Å². The molecule has 8 heteroatoms. The van der Waals surface area contributed by atoms with Crippen LogP contribution in [0.4, 0.5) is 0 Å². The van der Waals surface area contributed by atoms with Gasteiger partial charge < -0.3 is 20.3 Å². The predicted molar refractivity (Wildman–Crippen MR) is 138 cm³/mol. The van der Waals surface area contributed by atoms with Crippen LogP contribution in [0.3, 0.4) is 0 Å². The quantitative estimate of drug-likeness (QED) is 0.320. The molecule has 37 heavy (non-hydrogen) atoms. The van der Waals surface area contributed by atoms with Crippen LogP contribution in [0, 0.1) is 5.92 Å². The Labute approximate surface area is 214 Å². The van der Waals surface area contributed by atoms with Gasteiger partial charge in [-0.1, -0.05) is 60.7 Å². The van der Waals surface area contributed by atoms with Gasteiger partial charge in [0.1, 0.15) is 12.0 Å². The zero-order chi connectivity index (χ0) is 25.9.